The second kappa shape index (κ2) is 5.28. The van der Waals surface area contributed by atoms with Crippen LogP contribution < -0.4 is 5.73 Å². The molecule has 1 fully saturated rings. The van der Waals surface area contributed by atoms with E-state index in [1.165, 1.54) is 62.5 Å². The first-order chi connectivity index (χ1) is 9.20. The summed E-state index contributed by atoms with van der Waals surface area (Å²) in [6.07, 6.45) is 10.4. The Morgan fingerprint density at radius 1 is 1.11 bits per heavy atom. The maximum Gasteiger partial charge on any atom is 0.0441 e. The van der Waals surface area contributed by atoms with Crippen LogP contribution in [0.4, 0.5) is 0 Å². The van der Waals surface area contributed by atoms with Crippen LogP contribution in [0.3, 0.4) is 0 Å². The number of hydrogen-bond donors (Lipinski definition) is 1. The van der Waals surface area contributed by atoms with Crippen LogP contribution in [0.2, 0.25) is 0 Å². The molecule has 1 saturated carbocycles. The van der Waals surface area contributed by atoms with E-state index in [1.54, 1.807) is 0 Å². The summed E-state index contributed by atoms with van der Waals surface area (Å²) in [4.78, 5) is 0. The van der Waals surface area contributed by atoms with Crippen molar-refractivity contribution in [1.29, 1.82) is 0 Å². The van der Waals surface area contributed by atoms with Gasteiger partial charge in [-0.3, -0.25) is 0 Å². The SMILES string of the molecule is CC1CCCC(C2(N)CCCCc3ccccc32)C1. The van der Waals surface area contributed by atoms with E-state index in [9.17, 15) is 0 Å². The van der Waals surface area contributed by atoms with Gasteiger partial charge in [0.1, 0.15) is 0 Å². The van der Waals surface area contributed by atoms with E-state index in [0.29, 0.717) is 5.92 Å². The molecule has 0 bridgehead atoms. The Labute approximate surface area is 117 Å². The molecule has 1 aromatic carbocycles. The fourth-order valence-electron chi connectivity index (χ4n) is 4.39. The van der Waals surface area contributed by atoms with Crippen LogP contribution in [0.5, 0.6) is 0 Å². The van der Waals surface area contributed by atoms with Crippen LogP contribution in [0, 0.1) is 11.8 Å². The molecule has 0 spiro atoms. The van der Waals surface area contributed by atoms with Crippen LogP contribution in [0.1, 0.15) is 63.0 Å². The maximum atomic E-state index is 7.01. The third-order valence-electron chi connectivity index (χ3n) is 5.47. The topological polar surface area (TPSA) is 26.0 Å². The molecule has 0 radical (unpaired) electrons. The lowest BCUT2D eigenvalue weighted by Crippen LogP contribution is -2.46. The van der Waals surface area contributed by atoms with Crippen LogP contribution >= 0.6 is 0 Å². The van der Waals surface area contributed by atoms with Crippen molar-refractivity contribution >= 4 is 0 Å². The van der Waals surface area contributed by atoms with Gasteiger partial charge in [0.05, 0.1) is 0 Å². The van der Waals surface area contributed by atoms with Gasteiger partial charge in [-0.2, -0.15) is 0 Å². The average Bonchev–Trinajstić information content (AvgIpc) is 2.60. The third kappa shape index (κ3) is 2.45. The predicted octanol–water partition coefficient (Wildman–Crippen LogP) is 4.39. The van der Waals surface area contributed by atoms with Gasteiger partial charge in [-0.05, 0) is 55.1 Å². The fourth-order valence-corrected chi connectivity index (χ4v) is 4.39. The van der Waals surface area contributed by atoms with E-state index >= 15 is 0 Å². The van der Waals surface area contributed by atoms with Crippen molar-refractivity contribution in [3.8, 4) is 0 Å². The van der Waals surface area contributed by atoms with E-state index in [1.807, 2.05) is 0 Å². The Morgan fingerprint density at radius 3 is 2.79 bits per heavy atom. The standard InChI is InChI=1S/C18H27N/c1-14-7-6-10-16(13-14)18(19)12-5-4-9-15-8-2-3-11-17(15)18/h2-3,8,11,14,16H,4-7,9-10,12-13,19H2,1H3. The fraction of sp³-hybridized carbons (Fsp3) is 0.667. The first-order valence-electron chi connectivity index (χ1n) is 8.07. The monoisotopic (exact) mass is 257 g/mol. The Hall–Kier alpha value is -0.820. The molecule has 0 amide bonds. The summed E-state index contributed by atoms with van der Waals surface area (Å²) in [5.41, 5.74) is 9.93. The van der Waals surface area contributed by atoms with Gasteiger partial charge < -0.3 is 5.73 Å². The molecule has 1 nitrogen and oxygen atoms in total. The van der Waals surface area contributed by atoms with Crippen molar-refractivity contribution in [2.24, 2.45) is 17.6 Å². The van der Waals surface area contributed by atoms with E-state index in [-0.39, 0.29) is 5.54 Å². The summed E-state index contributed by atoms with van der Waals surface area (Å²) in [6, 6.07) is 8.96. The quantitative estimate of drug-likeness (QED) is 0.742. The summed E-state index contributed by atoms with van der Waals surface area (Å²) in [5.74, 6) is 1.55. The number of nitrogens with two attached hydrogens (primary N) is 1. The largest absolute Gasteiger partial charge is 0.321 e. The number of benzene rings is 1. The van der Waals surface area contributed by atoms with Gasteiger partial charge in [0, 0.05) is 5.54 Å². The van der Waals surface area contributed by atoms with E-state index < -0.39 is 0 Å². The van der Waals surface area contributed by atoms with Crippen molar-refractivity contribution in [1.82, 2.24) is 0 Å². The lowest BCUT2D eigenvalue weighted by molar-refractivity contribution is 0.160. The molecule has 3 atom stereocenters. The van der Waals surface area contributed by atoms with Gasteiger partial charge >= 0.3 is 0 Å². The third-order valence-corrected chi connectivity index (χ3v) is 5.47. The Morgan fingerprint density at radius 2 is 1.95 bits per heavy atom. The maximum absolute atomic E-state index is 7.01. The minimum Gasteiger partial charge on any atom is -0.321 e. The Bertz CT molecular complexity index is 439. The van der Waals surface area contributed by atoms with Gasteiger partial charge in [-0.25, -0.2) is 0 Å². The molecule has 1 heteroatoms. The summed E-state index contributed by atoms with van der Waals surface area (Å²) in [6.45, 7) is 2.40. The lowest BCUT2D eigenvalue weighted by atomic mass is 9.67. The number of aryl methyl sites for hydroxylation is 1. The molecule has 3 unspecified atom stereocenters. The van der Waals surface area contributed by atoms with Gasteiger partial charge in [0.2, 0.25) is 0 Å². The molecule has 0 saturated heterocycles. The normalized spacial score (nSPS) is 35.5. The van der Waals surface area contributed by atoms with Crippen LogP contribution in [-0.4, -0.2) is 0 Å². The van der Waals surface area contributed by atoms with Gasteiger partial charge in [-0.15, -0.1) is 0 Å². The second-order valence-electron chi connectivity index (χ2n) is 6.87. The highest BCUT2D eigenvalue weighted by Gasteiger charge is 2.40. The molecular formula is C18H27N. The zero-order chi connectivity index (χ0) is 13.3. The molecule has 2 aliphatic rings. The van der Waals surface area contributed by atoms with Gasteiger partial charge in [0.25, 0.3) is 0 Å². The van der Waals surface area contributed by atoms with E-state index in [2.05, 4.69) is 31.2 Å². The van der Waals surface area contributed by atoms with Gasteiger partial charge in [-0.1, -0.05) is 50.5 Å². The average molecular weight is 257 g/mol. The van der Waals surface area contributed by atoms with E-state index in [4.69, 9.17) is 5.73 Å². The molecule has 2 N–H and O–H groups in total. The van der Waals surface area contributed by atoms with Gasteiger partial charge in [0.15, 0.2) is 0 Å². The zero-order valence-corrected chi connectivity index (χ0v) is 12.2. The van der Waals surface area contributed by atoms with Crippen molar-refractivity contribution in [3.05, 3.63) is 35.4 Å². The highest BCUT2D eigenvalue weighted by atomic mass is 14.8. The molecule has 0 aliphatic heterocycles. The molecule has 104 valence electrons. The summed E-state index contributed by atoms with van der Waals surface area (Å²) in [5, 5.41) is 0. The molecule has 0 aromatic heterocycles. The lowest BCUT2D eigenvalue weighted by Gasteiger charge is -2.42. The van der Waals surface area contributed by atoms with Crippen molar-refractivity contribution in [3.63, 3.8) is 0 Å². The molecule has 1 aromatic rings. The molecule has 3 rings (SSSR count). The van der Waals surface area contributed by atoms with E-state index in [0.717, 1.165) is 5.92 Å². The summed E-state index contributed by atoms with van der Waals surface area (Å²) >= 11 is 0. The smallest absolute Gasteiger partial charge is 0.0441 e. The van der Waals surface area contributed by atoms with Crippen molar-refractivity contribution in [2.75, 3.05) is 0 Å². The molecular weight excluding hydrogens is 230 g/mol. The Kier molecular flexibility index (Phi) is 3.66. The number of fused-ring (bicyclic) bond motifs is 1. The highest BCUT2D eigenvalue weighted by molar-refractivity contribution is 5.35. The van der Waals surface area contributed by atoms with Crippen LogP contribution in [0.25, 0.3) is 0 Å². The van der Waals surface area contributed by atoms with Crippen LogP contribution in [0.15, 0.2) is 24.3 Å². The summed E-state index contributed by atoms with van der Waals surface area (Å²) in [7, 11) is 0. The second-order valence-corrected chi connectivity index (χ2v) is 6.87. The number of rotatable bonds is 1. The minimum atomic E-state index is -0.0538. The zero-order valence-electron chi connectivity index (χ0n) is 12.2. The minimum absolute atomic E-state index is 0.0538. The first kappa shape index (κ1) is 13.2. The predicted molar refractivity (Wildman–Crippen MR) is 81.0 cm³/mol. The summed E-state index contributed by atoms with van der Waals surface area (Å²) < 4.78 is 0. The highest BCUT2D eigenvalue weighted by Crippen LogP contribution is 2.45. The number of hydrogen-bond acceptors (Lipinski definition) is 1. The van der Waals surface area contributed by atoms with Crippen molar-refractivity contribution < 1.29 is 0 Å². The molecule has 2 aliphatic carbocycles. The Balaban J connectivity index is 1.97. The van der Waals surface area contributed by atoms with Crippen molar-refractivity contribution in [2.45, 2.75) is 63.8 Å². The van der Waals surface area contributed by atoms with Crippen LogP contribution in [-0.2, 0) is 12.0 Å². The molecule has 0 heterocycles. The first-order valence-corrected chi connectivity index (χ1v) is 8.07. The molecule has 19 heavy (non-hydrogen) atoms.